The summed E-state index contributed by atoms with van der Waals surface area (Å²) in [5.74, 6) is -0.208. The first-order valence-electron chi connectivity index (χ1n) is 9.16. The Kier molecular flexibility index (Phi) is 6.04. The summed E-state index contributed by atoms with van der Waals surface area (Å²) >= 11 is 0. The van der Waals surface area contributed by atoms with Crippen LogP contribution in [-0.2, 0) is 11.3 Å². The van der Waals surface area contributed by atoms with E-state index in [0.717, 1.165) is 18.7 Å². The highest BCUT2D eigenvalue weighted by Crippen LogP contribution is 2.21. The number of hydrogen-bond donors (Lipinski definition) is 1. The molecule has 138 valence electrons. The van der Waals surface area contributed by atoms with E-state index in [2.05, 4.69) is 4.90 Å². The SMILES string of the molecule is CN(CC(=O)N1C[C@H](O)[C@@H](N2CCCCC2)C1)Cc1ccc(F)cc1. The number of likely N-dealkylation sites (tertiary alicyclic amines) is 2. The number of aliphatic hydroxyl groups is 1. The molecule has 2 aliphatic heterocycles. The number of halogens is 1. The lowest BCUT2D eigenvalue weighted by Crippen LogP contribution is -2.46. The van der Waals surface area contributed by atoms with Crippen LogP contribution in [0.1, 0.15) is 24.8 Å². The van der Waals surface area contributed by atoms with Gasteiger partial charge in [0.2, 0.25) is 5.91 Å². The molecule has 6 heteroatoms. The third-order valence-corrected chi connectivity index (χ3v) is 5.24. The molecule has 1 aromatic carbocycles. The zero-order valence-electron chi connectivity index (χ0n) is 14.9. The summed E-state index contributed by atoms with van der Waals surface area (Å²) in [7, 11) is 1.88. The van der Waals surface area contributed by atoms with E-state index >= 15 is 0 Å². The molecule has 1 N–H and O–H groups in total. The third-order valence-electron chi connectivity index (χ3n) is 5.24. The van der Waals surface area contributed by atoms with Crippen LogP contribution >= 0.6 is 0 Å². The van der Waals surface area contributed by atoms with Gasteiger partial charge >= 0.3 is 0 Å². The molecule has 2 aliphatic rings. The maximum atomic E-state index is 13.0. The highest BCUT2D eigenvalue weighted by atomic mass is 19.1. The maximum Gasteiger partial charge on any atom is 0.236 e. The molecule has 0 radical (unpaired) electrons. The smallest absolute Gasteiger partial charge is 0.236 e. The van der Waals surface area contributed by atoms with Gasteiger partial charge in [0.1, 0.15) is 5.82 Å². The van der Waals surface area contributed by atoms with Gasteiger partial charge < -0.3 is 10.0 Å². The number of amides is 1. The van der Waals surface area contributed by atoms with Crippen LogP contribution < -0.4 is 0 Å². The fraction of sp³-hybridized carbons (Fsp3) is 0.632. The highest BCUT2D eigenvalue weighted by Gasteiger charge is 2.37. The number of β-amino-alcohol motifs (C(OH)–C–C–N with tert-alkyl or cyclic N) is 1. The second-order valence-electron chi connectivity index (χ2n) is 7.33. The van der Waals surface area contributed by atoms with Crippen LogP contribution in [0.2, 0.25) is 0 Å². The second-order valence-corrected chi connectivity index (χ2v) is 7.33. The molecule has 0 saturated carbocycles. The van der Waals surface area contributed by atoms with E-state index in [-0.39, 0.29) is 17.8 Å². The minimum absolute atomic E-state index is 0.0446. The molecule has 2 heterocycles. The molecule has 3 rings (SSSR count). The first kappa shape index (κ1) is 18.3. The molecule has 0 bridgehead atoms. The number of nitrogens with zero attached hydrogens (tertiary/aromatic N) is 3. The minimum atomic E-state index is -0.454. The second kappa shape index (κ2) is 8.25. The molecule has 0 spiro atoms. The van der Waals surface area contributed by atoms with E-state index in [4.69, 9.17) is 0 Å². The van der Waals surface area contributed by atoms with Gasteiger partial charge in [-0.15, -0.1) is 0 Å². The molecule has 1 amide bonds. The van der Waals surface area contributed by atoms with Crippen molar-refractivity contribution in [2.24, 2.45) is 0 Å². The standard InChI is InChI=1S/C19H28FN3O2/c1-21(11-15-5-7-16(20)8-6-15)14-19(25)23-12-17(18(24)13-23)22-9-3-2-4-10-22/h5-8,17-18,24H,2-4,9-14H2,1H3/t17-,18-/m0/s1. The predicted octanol–water partition coefficient (Wildman–Crippen LogP) is 1.32. The Morgan fingerprint density at radius 2 is 1.88 bits per heavy atom. The lowest BCUT2D eigenvalue weighted by Gasteiger charge is -2.33. The van der Waals surface area contributed by atoms with Gasteiger partial charge in [0.15, 0.2) is 0 Å². The van der Waals surface area contributed by atoms with Crippen LogP contribution in [0.15, 0.2) is 24.3 Å². The maximum absolute atomic E-state index is 13.0. The molecule has 0 aliphatic carbocycles. The van der Waals surface area contributed by atoms with Crippen LogP contribution in [0, 0.1) is 5.82 Å². The van der Waals surface area contributed by atoms with Crippen molar-refractivity contribution in [3.05, 3.63) is 35.6 Å². The number of hydrogen-bond acceptors (Lipinski definition) is 4. The molecule has 1 aromatic rings. The van der Waals surface area contributed by atoms with Crippen LogP contribution in [0.5, 0.6) is 0 Å². The number of likely N-dealkylation sites (N-methyl/N-ethyl adjacent to an activating group) is 1. The molecule has 0 unspecified atom stereocenters. The fourth-order valence-corrected chi connectivity index (χ4v) is 3.87. The molecule has 0 aromatic heterocycles. The Morgan fingerprint density at radius 1 is 1.20 bits per heavy atom. The Labute approximate surface area is 149 Å². The van der Waals surface area contributed by atoms with Crippen LogP contribution in [0.3, 0.4) is 0 Å². The summed E-state index contributed by atoms with van der Waals surface area (Å²) in [6.45, 7) is 3.98. The normalized spacial score (nSPS) is 24.9. The molecule has 2 fully saturated rings. The number of carbonyl (C=O) groups excluding carboxylic acids is 1. The summed E-state index contributed by atoms with van der Waals surface area (Å²) in [5.41, 5.74) is 0.976. The van der Waals surface area contributed by atoms with Gasteiger partial charge in [-0.05, 0) is 50.7 Å². The van der Waals surface area contributed by atoms with E-state index in [9.17, 15) is 14.3 Å². The largest absolute Gasteiger partial charge is 0.390 e. The van der Waals surface area contributed by atoms with Gasteiger partial charge in [0.05, 0.1) is 18.7 Å². The minimum Gasteiger partial charge on any atom is -0.390 e. The van der Waals surface area contributed by atoms with Crippen molar-refractivity contribution >= 4 is 5.91 Å². The summed E-state index contributed by atoms with van der Waals surface area (Å²) in [6, 6.07) is 6.42. The van der Waals surface area contributed by atoms with Crippen LogP contribution in [0.25, 0.3) is 0 Å². The zero-order valence-corrected chi connectivity index (χ0v) is 14.9. The van der Waals surface area contributed by atoms with E-state index in [0.29, 0.717) is 26.2 Å². The molecular weight excluding hydrogens is 321 g/mol. The number of carbonyl (C=O) groups is 1. The van der Waals surface area contributed by atoms with Gasteiger partial charge in [-0.25, -0.2) is 4.39 Å². The van der Waals surface area contributed by atoms with Crippen molar-refractivity contribution in [3.63, 3.8) is 0 Å². The average molecular weight is 349 g/mol. The van der Waals surface area contributed by atoms with Crippen molar-refractivity contribution < 1.29 is 14.3 Å². The summed E-state index contributed by atoms with van der Waals surface area (Å²) in [5, 5.41) is 10.4. The van der Waals surface area contributed by atoms with E-state index in [1.165, 1.54) is 31.4 Å². The fourth-order valence-electron chi connectivity index (χ4n) is 3.87. The quantitative estimate of drug-likeness (QED) is 0.871. The van der Waals surface area contributed by atoms with E-state index in [1.54, 1.807) is 17.0 Å². The number of benzene rings is 1. The van der Waals surface area contributed by atoms with Crippen molar-refractivity contribution in [2.75, 3.05) is 39.8 Å². The van der Waals surface area contributed by atoms with Crippen LogP contribution in [-0.4, -0.2) is 77.6 Å². The average Bonchev–Trinajstić information content (AvgIpc) is 3.00. The number of piperidine rings is 1. The lowest BCUT2D eigenvalue weighted by atomic mass is 10.1. The Bertz CT molecular complexity index is 575. The first-order chi connectivity index (χ1) is 12.0. The topological polar surface area (TPSA) is 47.0 Å². The Hall–Kier alpha value is -1.50. The Morgan fingerprint density at radius 3 is 2.56 bits per heavy atom. The molecular formula is C19H28FN3O2. The molecule has 25 heavy (non-hydrogen) atoms. The van der Waals surface area contributed by atoms with Crippen molar-refractivity contribution in [1.82, 2.24) is 14.7 Å². The van der Waals surface area contributed by atoms with Gasteiger partial charge in [0.25, 0.3) is 0 Å². The summed E-state index contributed by atoms with van der Waals surface area (Å²) < 4.78 is 13.0. The third kappa shape index (κ3) is 4.77. The molecule has 5 nitrogen and oxygen atoms in total. The first-order valence-corrected chi connectivity index (χ1v) is 9.16. The zero-order chi connectivity index (χ0) is 17.8. The van der Waals surface area contributed by atoms with Crippen molar-refractivity contribution in [3.8, 4) is 0 Å². The van der Waals surface area contributed by atoms with Gasteiger partial charge in [-0.3, -0.25) is 14.6 Å². The lowest BCUT2D eigenvalue weighted by molar-refractivity contribution is -0.131. The van der Waals surface area contributed by atoms with Gasteiger partial charge in [-0.2, -0.15) is 0 Å². The molecule has 2 saturated heterocycles. The Balaban J connectivity index is 1.50. The van der Waals surface area contributed by atoms with Crippen molar-refractivity contribution in [2.45, 2.75) is 38.0 Å². The van der Waals surface area contributed by atoms with Gasteiger partial charge in [-0.1, -0.05) is 18.6 Å². The van der Waals surface area contributed by atoms with E-state index in [1.807, 2.05) is 11.9 Å². The number of aliphatic hydroxyl groups excluding tert-OH is 1. The van der Waals surface area contributed by atoms with E-state index < -0.39 is 6.10 Å². The van der Waals surface area contributed by atoms with Gasteiger partial charge in [0, 0.05) is 19.6 Å². The molecule has 2 atom stereocenters. The monoisotopic (exact) mass is 349 g/mol. The summed E-state index contributed by atoms with van der Waals surface area (Å²) in [6.07, 6.45) is 3.16. The van der Waals surface area contributed by atoms with Crippen LogP contribution in [0.4, 0.5) is 4.39 Å². The highest BCUT2D eigenvalue weighted by molar-refractivity contribution is 5.78. The summed E-state index contributed by atoms with van der Waals surface area (Å²) in [4.78, 5) is 18.6. The van der Waals surface area contributed by atoms with Crippen molar-refractivity contribution in [1.29, 1.82) is 0 Å². The predicted molar refractivity (Wildman–Crippen MR) is 94.5 cm³/mol. The number of rotatable bonds is 5.